The monoisotopic (exact) mass is 238 g/mol. The molecular weight excluding hydrogens is 228 g/mol. The molecule has 2 rings (SSSR count). The van der Waals surface area contributed by atoms with E-state index in [2.05, 4.69) is 38.8 Å². The lowest BCUT2D eigenvalue weighted by molar-refractivity contribution is 0.948. The van der Waals surface area contributed by atoms with E-state index in [4.69, 9.17) is 5.73 Å². The molecule has 0 saturated heterocycles. The van der Waals surface area contributed by atoms with Crippen molar-refractivity contribution in [3.8, 4) is 0 Å². The number of aryl methyl sites for hydroxylation is 1. The first-order valence-corrected chi connectivity index (χ1v) is 4.95. The van der Waals surface area contributed by atoms with E-state index in [9.17, 15) is 0 Å². The first-order valence-electron chi connectivity index (χ1n) is 4.16. The van der Waals surface area contributed by atoms with Crippen LogP contribution in [0, 0.1) is 0 Å². The van der Waals surface area contributed by atoms with Crippen LogP contribution in [0.1, 0.15) is 5.56 Å². The van der Waals surface area contributed by atoms with Gasteiger partial charge in [0.05, 0.1) is 0 Å². The molecule has 0 amide bonds. The SMILES string of the molecule is Cn1cc(CN)c2ccc(Br)cc21. The lowest BCUT2D eigenvalue weighted by Crippen LogP contribution is -1.94. The third kappa shape index (κ3) is 1.38. The zero-order valence-corrected chi connectivity index (χ0v) is 9.01. The Morgan fingerprint density at radius 3 is 2.92 bits per heavy atom. The summed E-state index contributed by atoms with van der Waals surface area (Å²) in [6.45, 7) is 0.596. The van der Waals surface area contributed by atoms with E-state index < -0.39 is 0 Å². The molecule has 1 aromatic carbocycles. The third-order valence-corrected chi connectivity index (χ3v) is 2.75. The molecule has 0 saturated carbocycles. The molecule has 0 spiro atoms. The molecule has 1 heterocycles. The maximum atomic E-state index is 5.64. The molecule has 1 aromatic heterocycles. The van der Waals surface area contributed by atoms with Crippen molar-refractivity contribution in [2.75, 3.05) is 0 Å². The van der Waals surface area contributed by atoms with E-state index in [1.807, 2.05) is 13.1 Å². The van der Waals surface area contributed by atoms with Gasteiger partial charge in [-0.1, -0.05) is 22.0 Å². The molecule has 2 N–H and O–H groups in total. The van der Waals surface area contributed by atoms with Gasteiger partial charge in [0.15, 0.2) is 0 Å². The molecule has 13 heavy (non-hydrogen) atoms. The van der Waals surface area contributed by atoms with Crippen LogP contribution in [0.3, 0.4) is 0 Å². The van der Waals surface area contributed by atoms with Crippen molar-refractivity contribution in [1.29, 1.82) is 0 Å². The van der Waals surface area contributed by atoms with Crippen LogP contribution >= 0.6 is 15.9 Å². The van der Waals surface area contributed by atoms with Gasteiger partial charge in [0.25, 0.3) is 0 Å². The number of nitrogens with two attached hydrogens (primary N) is 1. The van der Waals surface area contributed by atoms with Gasteiger partial charge in [0, 0.05) is 35.2 Å². The van der Waals surface area contributed by atoms with E-state index in [1.54, 1.807) is 0 Å². The van der Waals surface area contributed by atoms with Gasteiger partial charge < -0.3 is 10.3 Å². The number of fused-ring (bicyclic) bond motifs is 1. The average Bonchev–Trinajstić information content (AvgIpc) is 2.43. The number of benzene rings is 1. The standard InChI is InChI=1S/C10H11BrN2/c1-13-6-7(5-12)9-3-2-8(11)4-10(9)13/h2-4,6H,5,12H2,1H3. The summed E-state index contributed by atoms with van der Waals surface area (Å²) in [6.07, 6.45) is 2.08. The van der Waals surface area contributed by atoms with Crippen LogP contribution in [0.4, 0.5) is 0 Å². The Bertz CT molecular complexity index is 445. The van der Waals surface area contributed by atoms with Crippen LogP contribution in [0.5, 0.6) is 0 Å². The van der Waals surface area contributed by atoms with E-state index in [-0.39, 0.29) is 0 Å². The first kappa shape index (κ1) is 8.78. The number of rotatable bonds is 1. The van der Waals surface area contributed by atoms with Crippen molar-refractivity contribution < 1.29 is 0 Å². The zero-order valence-electron chi connectivity index (χ0n) is 7.42. The summed E-state index contributed by atoms with van der Waals surface area (Å²) in [5, 5.41) is 1.24. The maximum Gasteiger partial charge on any atom is 0.0492 e. The first-order chi connectivity index (χ1) is 6.22. The molecule has 2 aromatic rings. The number of hydrogen-bond acceptors (Lipinski definition) is 1. The normalized spacial score (nSPS) is 11.0. The van der Waals surface area contributed by atoms with Gasteiger partial charge in [-0.25, -0.2) is 0 Å². The quantitative estimate of drug-likeness (QED) is 0.813. The number of aromatic nitrogens is 1. The maximum absolute atomic E-state index is 5.64. The highest BCUT2D eigenvalue weighted by Gasteiger charge is 2.04. The number of nitrogens with zero attached hydrogens (tertiary/aromatic N) is 1. The Balaban J connectivity index is 2.80. The second kappa shape index (κ2) is 3.16. The molecule has 0 aliphatic rings. The molecule has 68 valence electrons. The number of halogens is 1. The summed E-state index contributed by atoms with van der Waals surface area (Å²) in [5.41, 5.74) is 8.06. The fourth-order valence-corrected chi connectivity index (χ4v) is 1.95. The van der Waals surface area contributed by atoms with Crippen LogP contribution < -0.4 is 5.73 Å². The van der Waals surface area contributed by atoms with Gasteiger partial charge in [-0.15, -0.1) is 0 Å². The lowest BCUT2D eigenvalue weighted by atomic mass is 10.2. The van der Waals surface area contributed by atoms with Crippen molar-refractivity contribution in [2.24, 2.45) is 12.8 Å². The number of hydrogen-bond donors (Lipinski definition) is 1. The summed E-state index contributed by atoms with van der Waals surface area (Å²) >= 11 is 3.45. The van der Waals surface area contributed by atoms with Crippen molar-refractivity contribution in [3.63, 3.8) is 0 Å². The Labute approximate surface area is 85.5 Å². The Hall–Kier alpha value is -0.800. The van der Waals surface area contributed by atoms with Crippen LogP contribution in [0.2, 0.25) is 0 Å². The Morgan fingerprint density at radius 2 is 2.23 bits per heavy atom. The van der Waals surface area contributed by atoms with Crippen molar-refractivity contribution in [1.82, 2.24) is 4.57 Å². The van der Waals surface area contributed by atoms with Crippen molar-refractivity contribution in [3.05, 3.63) is 34.4 Å². The minimum atomic E-state index is 0.596. The minimum absolute atomic E-state index is 0.596. The van der Waals surface area contributed by atoms with E-state index in [0.29, 0.717) is 6.54 Å². The van der Waals surface area contributed by atoms with Gasteiger partial charge in [0.1, 0.15) is 0 Å². The summed E-state index contributed by atoms with van der Waals surface area (Å²) in [6, 6.07) is 6.25. The fourth-order valence-electron chi connectivity index (χ4n) is 1.60. The summed E-state index contributed by atoms with van der Waals surface area (Å²) in [7, 11) is 2.04. The summed E-state index contributed by atoms with van der Waals surface area (Å²) < 4.78 is 3.20. The van der Waals surface area contributed by atoms with Crippen LogP contribution in [-0.2, 0) is 13.6 Å². The second-order valence-corrected chi connectivity index (χ2v) is 4.05. The van der Waals surface area contributed by atoms with Gasteiger partial charge in [-0.3, -0.25) is 0 Å². The van der Waals surface area contributed by atoms with Crippen molar-refractivity contribution >= 4 is 26.8 Å². The molecule has 0 atom stereocenters. The topological polar surface area (TPSA) is 30.9 Å². The lowest BCUT2D eigenvalue weighted by Gasteiger charge is -1.96. The molecule has 0 aliphatic carbocycles. The van der Waals surface area contributed by atoms with Crippen LogP contribution in [-0.4, -0.2) is 4.57 Å². The average molecular weight is 239 g/mol. The van der Waals surface area contributed by atoms with Crippen LogP contribution in [0.15, 0.2) is 28.9 Å². The highest BCUT2D eigenvalue weighted by atomic mass is 79.9. The largest absolute Gasteiger partial charge is 0.350 e. The minimum Gasteiger partial charge on any atom is -0.350 e. The molecule has 0 unspecified atom stereocenters. The van der Waals surface area contributed by atoms with Gasteiger partial charge in [-0.2, -0.15) is 0 Å². The van der Waals surface area contributed by atoms with Crippen molar-refractivity contribution in [2.45, 2.75) is 6.54 Å². The molecule has 2 nitrogen and oxygen atoms in total. The molecule has 0 radical (unpaired) electrons. The molecule has 0 fully saturated rings. The zero-order chi connectivity index (χ0) is 9.42. The van der Waals surface area contributed by atoms with Crippen LogP contribution in [0.25, 0.3) is 10.9 Å². The highest BCUT2D eigenvalue weighted by Crippen LogP contribution is 2.23. The predicted molar refractivity (Wildman–Crippen MR) is 58.5 cm³/mol. The summed E-state index contributed by atoms with van der Waals surface area (Å²) in [4.78, 5) is 0. The van der Waals surface area contributed by atoms with Gasteiger partial charge >= 0.3 is 0 Å². The van der Waals surface area contributed by atoms with Gasteiger partial charge in [-0.05, 0) is 17.7 Å². The molecule has 0 aliphatic heterocycles. The van der Waals surface area contributed by atoms with E-state index >= 15 is 0 Å². The Morgan fingerprint density at radius 1 is 1.46 bits per heavy atom. The highest BCUT2D eigenvalue weighted by molar-refractivity contribution is 9.10. The van der Waals surface area contributed by atoms with Gasteiger partial charge in [0.2, 0.25) is 0 Å². The predicted octanol–water partition coefficient (Wildman–Crippen LogP) is 2.40. The molecule has 0 bridgehead atoms. The Kier molecular flexibility index (Phi) is 2.14. The second-order valence-electron chi connectivity index (χ2n) is 3.13. The smallest absolute Gasteiger partial charge is 0.0492 e. The molecule has 3 heteroatoms. The summed E-state index contributed by atoms with van der Waals surface area (Å²) in [5.74, 6) is 0. The third-order valence-electron chi connectivity index (χ3n) is 2.26. The van der Waals surface area contributed by atoms with E-state index in [0.717, 1.165) is 4.47 Å². The molecular formula is C10H11BrN2. The fraction of sp³-hybridized carbons (Fsp3) is 0.200. The van der Waals surface area contributed by atoms with E-state index in [1.165, 1.54) is 16.5 Å².